The summed E-state index contributed by atoms with van der Waals surface area (Å²) in [4.78, 5) is 11.0. The Morgan fingerprint density at radius 2 is 1.86 bits per heavy atom. The van der Waals surface area contributed by atoms with Gasteiger partial charge in [-0.15, -0.1) is 0 Å². The molecule has 7 heteroatoms. The van der Waals surface area contributed by atoms with Gasteiger partial charge in [-0.3, -0.25) is 4.72 Å². The van der Waals surface area contributed by atoms with Gasteiger partial charge in [0, 0.05) is 0 Å². The topological polar surface area (TPSA) is 92.7 Å². The number of carboxylic acids is 1. The normalized spacial score (nSPS) is 11.0. The van der Waals surface area contributed by atoms with Gasteiger partial charge in [0.25, 0.3) is 0 Å². The summed E-state index contributed by atoms with van der Waals surface area (Å²) in [6, 6.07) is 13.4. The minimum Gasteiger partial charge on any atom is -0.487 e. The molecular formula is C15H15NO5S. The summed E-state index contributed by atoms with van der Waals surface area (Å²) < 4.78 is 30.6. The molecule has 2 aromatic rings. The second-order valence-corrected chi connectivity index (χ2v) is 6.41. The number of anilines is 1. The lowest BCUT2D eigenvalue weighted by Gasteiger charge is -2.13. The largest absolute Gasteiger partial charge is 0.487 e. The minimum absolute atomic E-state index is 0.0294. The predicted molar refractivity (Wildman–Crippen MR) is 82.6 cm³/mol. The Hall–Kier alpha value is -2.54. The molecular weight excluding hydrogens is 306 g/mol. The zero-order valence-electron chi connectivity index (χ0n) is 11.8. The Morgan fingerprint density at radius 3 is 2.45 bits per heavy atom. The predicted octanol–water partition coefficient (Wildman–Crippen LogP) is 2.34. The fourth-order valence-corrected chi connectivity index (χ4v) is 2.36. The number of carboxylic acid groups (broad SMARTS) is 1. The van der Waals surface area contributed by atoms with Crippen molar-refractivity contribution in [3.8, 4) is 5.75 Å². The van der Waals surface area contributed by atoms with Crippen LogP contribution in [-0.4, -0.2) is 25.7 Å². The quantitative estimate of drug-likeness (QED) is 0.852. The molecule has 0 aliphatic carbocycles. The summed E-state index contributed by atoms with van der Waals surface area (Å²) in [7, 11) is -3.55. The van der Waals surface area contributed by atoms with Gasteiger partial charge in [0.05, 0.1) is 17.5 Å². The van der Waals surface area contributed by atoms with Crippen LogP contribution in [0.15, 0.2) is 48.5 Å². The molecule has 2 N–H and O–H groups in total. The van der Waals surface area contributed by atoms with Gasteiger partial charge in [0.1, 0.15) is 12.4 Å². The van der Waals surface area contributed by atoms with E-state index in [0.717, 1.165) is 11.8 Å². The standard InChI is InChI=1S/C15H15NO5S/c1-22(19,20)16-13-9-12(15(17)18)7-8-14(13)21-10-11-5-3-2-4-6-11/h2-9,16H,10H2,1H3,(H,17,18). The van der Waals surface area contributed by atoms with Gasteiger partial charge in [-0.1, -0.05) is 30.3 Å². The zero-order chi connectivity index (χ0) is 16.2. The highest BCUT2D eigenvalue weighted by Gasteiger charge is 2.13. The number of carbonyl (C=O) groups is 1. The fourth-order valence-electron chi connectivity index (χ4n) is 1.80. The monoisotopic (exact) mass is 321 g/mol. The van der Waals surface area contributed by atoms with E-state index in [0.29, 0.717) is 0 Å². The van der Waals surface area contributed by atoms with Gasteiger partial charge >= 0.3 is 5.97 Å². The minimum atomic E-state index is -3.55. The number of benzene rings is 2. The maximum absolute atomic E-state index is 11.4. The molecule has 0 unspecified atom stereocenters. The highest BCUT2D eigenvalue weighted by molar-refractivity contribution is 7.92. The molecule has 0 amide bonds. The molecule has 0 saturated carbocycles. The smallest absolute Gasteiger partial charge is 0.335 e. The number of sulfonamides is 1. The summed E-state index contributed by atoms with van der Waals surface area (Å²) in [5.74, 6) is -0.884. The van der Waals surface area contributed by atoms with Crippen LogP contribution < -0.4 is 9.46 Å². The van der Waals surface area contributed by atoms with Crippen LogP contribution in [0.5, 0.6) is 5.75 Å². The lowest BCUT2D eigenvalue weighted by atomic mass is 10.2. The molecule has 0 atom stereocenters. The van der Waals surface area contributed by atoms with E-state index in [4.69, 9.17) is 9.84 Å². The second-order valence-electron chi connectivity index (χ2n) is 4.66. The van der Waals surface area contributed by atoms with Crippen molar-refractivity contribution in [1.29, 1.82) is 0 Å². The van der Waals surface area contributed by atoms with Crippen molar-refractivity contribution >= 4 is 21.7 Å². The number of aromatic carboxylic acids is 1. The third-order valence-corrected chi connectivity index (χ3v) is 3.35. The summed E-state index contributed by atoms with van der Waals surface area (Å²) in [6.45, 7) is 0.242. The second kappa shape index (κ2) is 6.48. The van der Waals surface area contributed by atoms with E-state index in [2.05, 4.69) is 4.72 Å². The van der Waals surface area contributed by atoms with E-state index in [1.807, 2.05) is 30.3 Å². The van der Waals surface area contributed by atoms with Crippen LogP contribution in [0.1, 0.15) is 15.9 Å². The highest BCUT2D eigenvalue weighted by Crippen LogP contribution is 2.27. The first-order valence-corrected chi connectivity index (χ1v) is 8.26. The summed E-state index contributed by atoms with van der Waals surface area (Å²) in [5.41, 5.74) is 0.978. The van der Waals surface area contributed by atoms with Gasteiger partial charge < -0.3 is 9.84 Å². The van der Waals surface area contributed by atoms with E-state index in [1.165, 1.54) is 18.2 Å². The van der Waals surface area contributed by atoms with E-state index in [1.54, 1.807) is 0 Å². The van der Waals surface area contributed by atoms with Crippen molar-refractivity contribution in [1.82, 2.24) is 0 Å². The molecule has 0 spiro atoms. The Kier molecular flexibility index (Phi) is 4.67. The molecule has 0 aromatic heterocycles. The molecule has 22 heavy (non-hydrogen) atoms. The van der Waals surface area contributed by atoms with Crippen molar-refractivity contribution in [3.63, 3.8) is 0 Å². The molecule has 6 nitrogen and oxygen atoms in total. The number of ether oxygens (including phenoxy) is 1. The molecule has 2 aromatic carbocycles. The van der Waals surface area contributed by atoms with Crippen molar-refractivity contribution < 1.29 is 23.1 Å². The molecule has 0 aliphatic heterocycles. The van der Waals surface area contributed by atoms with E-state index >= 15 is 0 Å². The first-order valence-electron chi connectivity index (χ1n) is 6.37. The lowest BCUT2D eigenvalue weighted by Crippen LogP contribution is -2.12. The maximum atomic E-state index is 11.4. The van der Waals surface area contributed by atoms with Gasteiger partial charge in [-0.05, 0) is 23.8 Å². The van der Waals surface area contributed by atoms with E-state index < -0.39 is 16.0 Å². The highest BCUT2D eigenvalue weighted by atomic mass is 32.2. The van der Waals surface area contributed by atoms with Crippen molar-refractivity contribution in [3.05, 3.63) is 59.7 Å². The zero-order valence-corrected chi connectivity index (χ0v) is 12.6. The molecule has 0 bridgehead atoms. The SMILES string of the molecule is CS(=O)(=O)Nc1cc(C(=O)O)ccc1OCc1ccccc1. The van der Waals surface area contributed by atoms with Crippen LogP contribution in [-0.2, 0) is 16.6 Å². The molecule has 0 heterocycles. The van der Waals surface area contributed by atoms with Crippen LogP contribution >= 0.6 is 0 Å². The van der Waals surface area contributed by atoms with Crippen LogP contribution in [0.2, 0.25) is 0 Å². The van der Waals surface area contributed by atoms with E-state index in [9.17, 15) is 13.2 Å². The van der Waals surface area contributed by atoms with Crippen LogP contribution in [0.4, 0.5) is 5.69 Å². The summed E-state index contributed by atoms with van der Waals surface area (Å²) >= 11 is 0. The Labute approximate surface area is 128 Å². The van der Waals surface area contributed by atoms with Crippen molar-refractivity contribution in [2.75, 3.05) is 11.0 Å². The van der Waals surface area contributed by atoms with Crippen LogP contribution in [0.25, 0.3) is 0 Å². The van der Waals surface area contributed by atoms with Gasteiger partial charge in [-0.2, -0.15) is 0 Å². The maximum Gasteiger partial charge on any atom is 0.335 e. The van der Waals surface area contributed by atoms with Crippen LogP contribution in [0, 0.1) is 0 Å². The van der Waals surface area contributed by atoms with Gasteiger partial charge in [-0.25, -0.2) is 13.2 Å². The van der Waals surface area contributed by atoms with Gasteiger partial charge in [0.15, 0.2) is 0 Å². The average molecular weight is 321 g/mol. The fraction of sp³-hybridized carbons (Fsp3) is 0.133. The van der Waals surface area contributed by atoms with Crippen LogP contribution in [0.3, 0.4) is 0 Å². The van der Waals surface area contributed by atoms with Crippen molar-refractivity contribution in [2.24, 2.45) is 0 Å². The number of hydrogen-bond donors (Lipinski definition) is 2. The number of nitrogens with one attached hydrogen (secondary N) is 1. The summed E-state index contributed by atoms with van der Waals surface area (Å²) in [6.07, 6.45) is 0.988. The molecule has 2 rings (SSSR count). The first kappa shape index (κ1) is 15.8. The molecule has 116 valence electrons. The molecule has 0 radical (unpaired) electrons. The average Bonchev–Trinajstić information content (AvgIpc) is 2.45. The number of hydrogen-bond acceptors (Lipinski definition) is 4. The Bertz CT molecular complexity index is 772. The Balaban J connectivity index is 2.27. The lowest BCUT2D eigenvalue weighted by molar-refractivity contribution is 0.0697. The van der Waals surface area contributed by atoms with E-state index in [-0.39, 0.29) is 23.6 Å². The third-order valence-electron chi connectivity index (χ3n) is 2.76. The Morgan fingerprint density at radius 1 is 1.18 bits per heavy atom. The van der Waals surface area contributed by atoms with Crippen molar-refractivity contribution in [2.45, 2.75) is 6.61 Å². The first-order chi connectivity index (χ1) is 10.3. The summed E-state index contributed by atoms with van der Waals surface area (Å²) in [5, 5.41) is 8.99. The molecule has 0 saturated heterocycles. The third kappa shape index (κ3) is 4.49. The number of rotatable bonds is 6. The molecule has 0 fully saturated rings. The van der Waals surface area contributed by atoms with Gasteiger partial charge in [0.2, 0.25) is 10.0 Å². The molecule has 0 aliphatic rings.